The average molecular weight is 443 g/mol. The van der Waals surface area contributed by atoms with E-state index in [1.807, 2.05) is 32.0 Å². The van der Waals surface area contributed by atoms with Crippen LogP contribution in [-0.2, 0) is 0 Å². The van der Waals surface area contributed by atoms with Crippen molar-refractivity contribution >= 4 is 26.9 Å². The van der Waals surface area contributed by atoms with Crippen LogP contribution in [0.3, 0.4) is 0 Å². The van der Waals surface area contributed by atoms with Gasteiger partial charge in [-0.15, -0.1) is 0 Å². The molecule has 144 valence electrons. The Kier molecular flexibility index (Phi) is 3.63. The fourth-order valence-electron chi connectivity index (χ4n) is 4.38. The van der Waals surface area contributed by atoms with Gasteiger partial charge in [-0.25, -0.2) is 0 Å². The lowest BCUT2D eigenvalue weighted by atomic mass is 9.70. The summed E-state index contributed by atoms with van der Waals surface area (Å²) in [6.45, 7) is 6.15. The van der Waals surface area contributed by atoms with Crippen LogP contribution < -0.4 is 14.9 Å². The van der Waals surface area contributed by atoms with Crippen molar-refractivity contribution in [3.8, 4) is 17.4 Å². The summed E-state index contributed by atoms with van der Waals surface area (Å²) in [7, 11) is 0. The summed E-state index contributed by atoms with van der Waals surface area (Å²) in [4.78, 5) is 13.5. The third-order valence-electron chi connectivity index (χ3n) is 5.97. The average Bonchev–Trinajstić information content (AvgIpc) is 2.64. The largest absolute Gasteiger partial charge is 0.508 e. The lowest BCUT2D eigenvalue weighted by Crippen LogP contribution is -2.50. The Labute approximate surface area is 170 Å². The SMILES string of the molecule is Cc1c(O)ccc2c(=O)c3c(oc12)OC(C)(C)[C@@H]1COc2cc(Br)ccc2[C@H]31. The monoisotopic (exact) mass is 442 g/mol. The van der Waals surface area contributed by atoms with Crippen molar-refractivity contribution in [1.82, 2.24) is 0 Å². The van der Waals surface area contributed by atoms with Gasteiger partial charge in [-0.05, 0) is 45.0 Å². The zero-order valence-corrected chi connectivity index (χ0v) is 17.3. The number of rotatable bonds is 0. The molecule has 2 atom stereocenters. The third-order valence-corrected chi connectivity index (χ3v) is 6.47. The minimum atomic E-state index is -0.587. The summed E-state index contributed by atoms with van der Waals surface area (Å²) >= 11 is 3.49. The van der Waals surface area contributed by atoms with Crippen LogP contribution >= 0.6 is 15.9 Å². The van der Waals surface area contributed by atoms with Gasteiger partial charge in [-0.3, -0.25) is 4.79 Å². The number of benzene rings is 2. The first-order valence-corrected chi connectivity index (χ1v) is 9.98. The molecule has 0 saturated heterocycles. The molecule has 3 heterocycles. The molecule has 5 nitrogen and oxygen atoms in total. The number of phenolic OH excluding ortho intramolecular Hbond substituents is 1. The van der Waals surface area contributed by atoms with Crippen molar-refractivity contribution in [2.75, 3.05) is 6.61 Å². The Hall–Kier alpha value is -2.47. The first-order valence-electron chi connectivity index (χ1n) is 9.18. The first kappa shape index (κ1) is 17.6. The molecule has 0 amide bonds. The van der Waals surface area contributed by atoms with E-state index >= 15 is 0 Å². The van der Waals surface area contributed by atoms with E-state index in [-0.39, 0.29) is 29.0 Å². The minimum absolute atomic E-state index is 0.0350. The molecule has 1 aromatic heterocycles. The number of hydrogen-bond acceptors (Lipinski definition) is 5. The van der Waals surface area contributed by atoms with Gasteiger partial charge >= 0.3 is 0 Å². The Balaban J connectivity index is 1.86. The lowest BCUT2D eigenvalue weighted by Gasteiger charge is -2.46. The number of phenols is 1. The molecule has 2 aliphatic rings. The molecule has 0 fully saturated rings. The zero-order chi connectivity index (χ0) is 19.8. The van der Waals surface area contributed by atoms with Crippen LogP contribution in [0.5, 0.6) is 17.4 Å². The van der Waals surface area contributed by atoms with Gasteiger partial charge in [-0.2, -0.15) is 0 Å². The maximum Gasteiger partial charge on any atom is 0.293 e. The van der Waals surface area contributed by atoms with Crippen LogP contribution in [0, 0.1) is 12.8 Å². The molecule has 6 heteroatoms. The molecule has 0 radical (unpaired) electrons. The predicted molar refractivity (Wildman–Crippen MR) is 109 cm³/mol. The Morgan fingerprint density at radius 3 is 2.79 bits per heavy atom. The Morgan fingerprint density at radius 1 is 1.21 bits per heavy atom. The van der Waals surface area contributed by atoms with E-state index in [0.29, 0.717) is 28.7 Å². The second-order valence-corrected chi connectivity index (χ2v) is 8.92. The van der Waals surface area contributed by atoms with E-state index in [1.54, 1.807) is 13.0 Å². The normalized spacial score (nSPS) is 21.9. The third kappa shape index (κ3) is 2.33. The molecular formula is C22H19BrO5. The van der Waals surface area contributed by atoms with E-state index in [1.165, 1.54) is 6.07 Å². The van der Waals surface area contributed by atoms with Gasteiger partial charge in [0.15, 0.2) is 0 Å². The molecule has 0 aliphatic carbocycles. The molecule has 5 rings (SSSR count). The fourth-order valence-corrected chi connectivity index (χ4v) is 4.72. The van der Waals surface area contributed by atoms with Crippen molar-refractivity contribution < 1.29 is 19.0 Å². The summed E-state index contributed by atoms with van der Waals surface area (Å²) < 4.78 is 19.2. The highest BCUT2D eigenvalue weighted by atomic mass is 79.9. The first-order chi connectivity index (χ1) is 13.3. The van der Waals surface area contributed by atoms with E-state index in [9.17, 15) is 9.90 Å². The van der Waals surface area contributed by atoms with Gasteiger partial charge < -0.3 is 19.0 Å². The van der Waals surface area contributed by atoms with Crippen LogP contribution in [0.4, 0.5) is 0 Å². The lowest BCUT2D eigenvalue weighted by molar-refractivity contribution is -0.0318. The summed E-state index contributed by atoms with van der Waals surface area (Å²) in [5.74, 6) is 0.858. The van der Waals surface area contributed by atoms with E-state index in [2.05, 4.69) is 15.9 Å². The summed E-state index contributed by atoms with van der Waals surface area (Å²) in [6.07, 6.45) is 0. The second kappa shape index (κ2) is 5.77. The molecular weight excluding hydrogens is 424 g/mol. The van der Waals surface area contributed by atoms with E-state index in [4.69, 9.17) is 13.9 Å². The Morgan fingerprint density at radius 2 is 2.00 bits per heavy atom. The fraction of sp³-hybridized carbons (Fsp3) is 0.318. The van der Waals surface area contributed by atoms with Gasteiger partial charge in [0.05, 0.1) is 17.6 Å². The quantitative estimate of drug-likeness (QED) is 0.537. The summed E-state index contributed by atoms with van der Waals surface area (Å²) in [5, 5.41) is 10.5. The van der Waals surface area contributed by atoms with Crippen molar-refractivity contribution in [2.24, 2.45) is 5.92 Å². The van der Waals surface area contributed by atoms with Gasteiger partial charge in [0, 0.05) is 27.4 Å². The molecule has 28 heavy (non-hydrogen) atoms. The maximum absolute atomic E-state index is 13.5. The zero-order valence-electron chi connectivity index (χ0n) is 15.7. The molecule has 1 N–H and O–H groups in total. The van der Waals surface area contributed by atoms with Crippen LogP contribution in [0.2, 0.25) is 0 Å². The number of halogens is 1. The van der Waals surface area contributed by atoms with Crippen molar-refractivity contribution in [1.29, 1.82) is 0 Å². The highest BCUT2D eigenvalue weighted by Gasteiger charge is 2.50. The smallest absolute Gasteiger partial charge is 0.293 e. The van der Waals surface area contributed by atoms with Crippen molar-refractivity contribution in [3.63, 3.8) is 0 Å². The van der Waals surface area contributed by atoms with Crippen LogP contribution in [0.15, 0.2) is 44.0 Å². The number of ether oxygens (including phenoxy) is 2. The topological polar surface area (TPSA) is 68.9 Å². The number of aromatic hydroxyl groups is 1. The van der Waals surface area contributed by atoms with E-state index < -0.39 is 5.60 Å². The number of fused-ring (bicyclic) bond motifs is 6. The number of aryl methyl sites for hydroxylation is 1. The van der Waals surface area contributed by atoms with Crippen molar-refractivity contribution in [2.45, 2.75) is 32.3 Å². The van der Waals surface area contributed by atoms with Gasteiger partial charge in [0.2, 0.25) is 5.43 Å². The van der Waals surface area contributed by atoms with E-state index in [0.717, 1.165) is 15.8 Å². The predicted octanol–water partition coefficient (Wildman–Crippen LogP) is 4.88. The summed E-state index contributed by atoms with van der Waals surface area (Å²) in [6, 6.07) is 9.02. The molecule has 0 bridgehead atoms. The molecule has 2 aliphatic heterocycles. The molecule has 3 aromatic rings. The molecule has 0 unspecified atom stereocenters. The molecule has 2 aromatic carbocycles. The van der Waals surface area contributed by atoms with Crippen LogP contribution in [0.1, 0.15) is 36.5 Å². The molecule has 0 saturated carbocycles. The summed E-state index contributed by atoms with van der Waals surface area (Å²) in [5.41, 5.74) is 1.66. The Bertz CT molecular complexity index is 1190. The highest BCUT2D eigenvalue weighted by Crippen LogP contribution is 2.52. The van der Waals surface area contributed by atoms with Crippen LogP contribution in [-0.4, -0.2) is 17.3 Å². The van der Waals surface area contributed by atoms with Gasteiger partial charge in [0.1, 0.15) is 22.7 Å². The van der Waals surface area contributed by atoms with Crippen molar-refractivity contribution in [3.05, 3.63) is 61.7 Å². The second-order valence-electron chi connectivity index (χ2n) is 8.00. The number of hydrogen-bond donors (Lipinski definition) is 1. The highest BCUT2D eigenvalue weighted by molar-refractivity contribution is 9.10. The van der Waals surface area contributed by atoms with Crippen LogP contribution in [0.25, 0.3) is 11.0 Å². The minimum Gasteiger partial charge on any atom is -0.508 e. The standard InChI is InChI=1S/C22H19BrO5/c1-10-15(24)7-6-13-19(25)18-17-12-5-4-11(23)8-16(12)26-9-14(17)22(2,3)28-21(18)27-20(10)13/h4-8,14,17,24H,9H2,1-3H3/t14-,17+/m1/s1. The van der Waals surface area contributed by atoms with Gasteiger partial charge in [-0.1, -0.05) is 22.0 Å². The molecule has 0 spiro atoms. The maximum atomic E-state index is 13.5. The van der Waals surface area contributed by atoms with Gasteiger partial charge in [0.25, 0.3) is 5.95 Å².